The van der Waals surface area contributed by atoms with E-state index in [1.807, 2.05) is 0 Å². The van der Waals surface area contributed by atoms with Gasteiger partial charge in [0, 0.05) is 11.1 Å². The third-order valence-electron chi connectivity index (χ3n) is 1.42. The molecule has 0 N–H and O–H groups in total. The summed E-state index contributed by atoms with van der Waals surface area (Å²) in [6, 6.07) is 0. The molecule has 0 radical (unpaired) electrons. The Kier molecular flexibility index (Phi) is 4.33. The fourth-order valence-electron chi connectivity index (χ4n) is 1.46. The van der Waals surface area contributed by atoms with Gasteiger partial charge in [0.2, 0.25) is 0 Å². The van der Waals surface area contributed by atoms with Crippen LogP contribution in [0.3, 0.4) is 0 Å². The second-order valence-electron chi connectivity index (χ2n) is 4.87. The van der Waals surface area contributed by atoms with Crippen LogP contribution in [0.1, 0.15) is 41.5 Å². The van der Waals surface area contributed by atoms with Crippen LogP contribution in [-0.2, 0) is 0 Å². The average molecular weight is 230 g/mol. The van der Waals surface area contributed by atoms with Crippen LogP contribution in [0.2, 0.25) is 0 Å². The van der Waals surface area contributed by atoms with E-state index in [-0.39, 0.29) is 11.1 Å². The lowest BCUT2D eigenvalue weighted by atomic mass is 10.0. The molecule has 74 valence electrons. The van der Waals surface area contributed by atoms with Crippen molar-refractivity contribution >= 4 is 29.3 Å². The third kappa shape index (κ3) is 3.79. The van der Waals surface area contributed by atoms with E-state index in [1.165, 1.54) is 0 Å². The van der Waals surface area contributed by atoms with Crippen LogP contribution in [-0.4, -0.2) is 15.7 Å². The number of hydrogen-bond acceptors (Lipinski definition) is 1. The van der Waals surface area contributed by atoms with E-state index in [1.54, 1.807) is 0 Å². The van der Waals surface area contributed by atoms with Gasteiger partial charge >= 0.3 is 0 Å². The maximum Gasteiger partial charge on any atom is 0.160 e. The van der Waals surface area contributed by atoms with E-state index in [4.69, 9.17) is 22.5 Å². The van der Waals surface area contributed by atoms with Crippen molar-refractivity contribution < 1.29 is 0 Å². The van der Waals surface area contributed by atoms with Crippen LogP contribution < -0.4 is 0 Å². The smallest absolute Gasteiger partial charge is 0.160 e. The van der Waals surface area contributed by atoms with Crippen molar-refractivity contribution in [2.75, 3.05) is 0 Å². The summed E-state index contributed by atoms with van der Waals surface area (Å²) in [5.41, 5.74) is 0.0426. The SMILES string of the molecule is CC(C)(C)N(P(Cl)Cl)C(C)(C)C. The minimum Gasteiger partial charge on any atom is -0.247 e. The van der Waals surface area contributed by atoms with E-state index in [2.05, 4.69) is 46.2 Å². The first kappa shape index (κ1) is 13.0. The van der Waals surface area contributed by atoms with E-state index in [0.717, 1.165) is 0 Å². The summed E-state index contributed by atoms with van der Waals surface area (Å²) in [7, 11) is 0. The molecule has 12 heavy (non-hydrogen) atoms. The van der Waals surface area contributed by atoms with Crippen LogP contribution in [0.4, 0.5) is 0 Å². The second kappa shape index (κ2) is 4.00. The molecule has 0 aliphatic rings. The Labute approximate surface area is 86.8 Å². The van der Waals surface area contributed by atoms with Gasteiger partial charge < -0.3 is 0 Å². The van der Waals surface area contributed by atoms with Crippen molar-refractivity contribution in [3.8, 4) is 0 Å². The predicted molar refractivity (Wildman–Crippen MR) is 60.0 cm³/mol. The summed E-state index contributed by atoms with van der Waals surface area (Å²) in [4.78, 5) is 0. The van der Waals surface area contributed by atoms with Gasteiger partial charge in [0.25, 0.3) is 0 Å². The first-order valence-electron chi connectivity index (χ1n) is 3.99. The molecule has 0 heterocycles. The average Bonchev–Trinajstić information content (AvgIpc) is 1.49. The number of nitrogens with zero attached hydrogens (tertiary/aromatic N) is 1. The van der Waals surface area contributed by atoms with Crippen molar-refractivity contribution in [3.05, 3.63) is 0 Å². The summed E-state index contributed by atoms with van der Waals surface area (Å²) in [5, 5.41) is 0. The molecule has 0 spiro atoms. The standard InChI is InChI=1S/C8H18Cl2NP/c1-7(2,3)11(12(9)10)8(4,5)6/h1-6H3. The van der Waals surface area contributed by atoms with E-state index in [9.17, 15) is 0 Å². The number of rotatable bonds is 1. The van der Waals surface area contributed by atoms with Crippen molar-refractivity contribution in [3.63, 3.8) is 0 Å². The van der Waals surface area contributed by atoms with Crippen molar-refractivity contribution in [2.45, 2.75) is 52.6 Å². The molecule has 0 unspecified atom stereocenters. The molecule has 0 saturated carbocycles. The van der Waals surface area contributed by atoms with Crippen molar-refractivity contribution in [2.24, 2.45) is 0 Å². The van der Waals surface area contributed by atoms with Gasteiger partial charge in [0.15, 0.2) is 6.78 Å². The fourth-order valence-corrected chi connectivity index (χ4v) is 5.09. The fraction of sp³-hybridized carbons (Fsp3) is 1.00. The normalized spacial score (nSPS) is 14.5. The molecule has 0 saturated heterocycles. The van der Waals surface area contributed by atoms with Gasteiger partial charge in [-0.2, -0.15) is 0 Å². The minimum atomic E-state index is -1.06. The van der Waals surface area contributed by atoms with E-state index >= 15 is 0 Å². The summed E-state index contributed by atoms with van der Waals surface area (Å²) in [5.74, 6) is 0. The van der Waals surface area contributed by atoms with Gasteiger partial charge in [-0.25, -0.2) is 4.67 Å². The zero-order chi connectivity index (χ0) is 10.2. The topological polar surface area (TPSA) is 3.24 Å². The Morgan fingerprint density at radius 1 is 0.833 bits per heavy atom. The van der Waals surface area contributed by atoms with Crippen molar-refractivity contribution in [1.29, 1.82) is 0 Å². The summed E-state index contributed by atoms with van der Waals surface area (Å²) in [6.45, 7) is 11.7. The highest BCUT2D eigenvalue weighted by atomic mass is 35.9. The Hall–Kier alpha value is 0.970. The molecule has 0 rings (SSSR count). The molecule has 1 nitrogen and oxygen atoms in total. The Bertz CT molecular complexity index is 132. The highest BCUT2D eigenvalue weighted by Crippen LogP contribution is 2.57. The largest absolute Gasteiger partial charge is 0.247 e. The van der Waals surface area contributed by atoms with Crippen LogP contribution in [0, 0.1) is 0 Å². The van der Waals surface area contributed by atoms with E-state index in [0.29, 0.717) is 0 Å². The molecular formula is C8H18Cl2NP. The lowest BCUT2D eigenvalue weighted by Gasteiger charge is -2.45. The molecule has 0 aromatic heterocycles. The molecule has 0 aliphatic heterocycles. The third-order valence-corrected chi connectivity index (χ3v) is 3.83. The number of halogens is 2. The zero-order valence-electron chi connectivity index (χ0n) is 8.65. The summed E-state index contributed by atoms with van der Waals surface area (Å²) in [6.07, 6.45) is 0. The highest BCUT2D eigenvalue weighted by molar-refractivity contribution is 8.02. The van der Waals surface area contributed by atoms with Crippen molar-refractivity contribution in [1.82, 2.24) is 4.67 Å². The Balaban J connectivity index is 4.70. The van der Waals surface area contributed by atoms with Gasteiger partial charge in [-0.1, -0.05) is 22.5 Å². The first-order valence-corrected chi connectivity index (χ1v) is 7.09. The molecule has 0 fully saturated rings. The predicted octanol–water partition coefficient (Wildman–Crippen LogP) is 4.59. The lowest BCUT2D eigenvalue weighted by molar-refractivity contribution is 0.153. The second-order valence-corrected chi connectivity index (χ2v) is 8.14. The Morgan fingerprint density at radius 3 is 1.08 bits per heavy atom. The maximum atomic E-state index is 5.97. The van der Waals surface area contributed by atoms with Crippen LogP contribution in [0.5, 0.6) is 0 Å². The quantitative estimate of drug-likeness (QED) is 0.595. The number of hydrogen-bond donors (Lipinski definition) is 0. The van der Waals surface area contributed by atoms with Crippen LogP contribution in [0.25, 0.3) is 0 Å². The highest BCUT2D eigenvalue weighted by Gasteiger charge is 2.35. The molecular weight excluding hydrogens is 212 g/mol. The van der Waals surface area contributed by atoms with Crippen LogP contribution in [0.15, 0.2) is 0 Å². The molecule has 4 heteroatoms. The van der Waals surface area contributed by atoms with Crippen LogP contribution >= 0.6 is 29.3 Å². The molecule has 0 atom stereocenters. The summed E-state index contributed by atoms with van der Waals surface area (Å²) < 4.78 is 2.14. The molecule has 0 aromatic carbocycles. The Morgan fingerprint density at radius 2 is 1.08 bits per heavy atom. The molecule has 0 aromatic rings. The van der Waals surface area contributed by atoms with E-state index < -0.39 is 6.78 Å². The molecule has 0 aliphatic carbocycles. The molecule has 0 amide bonds. The zero-order valence-corrected chi connectivity index (χ0v) is 11.1. The minimum absolute atomic E-state index is 0.0213. The van der Waals surface area contributed by atoms with Gasteiger partial charge in [-0.05, 0) is 41.5 Å². The van der Waals surface area contributed by atoms with Gasteiger partial charge in [0.1, 0.15) is 0 Å². The lowest BCUT2D eigenvalue weighted by Crippen LogP contribution is -2.47. The van der Waals surface area contributed by atoms with Gasteiger partial charge in [-0.3, -0.25) is 0 Å². The summed E-state index contributed by atoms with van der Waals surface area (Å²) >= 11 is 11.9. The monoisotopic (exact) mass is 229 g/mol. The molecule has 0 bridgehead atoms. The van der Waals surface area contributed by atoms with Gasteiger partial charge in [-0.15, -0.1) is 0 Å². The first-order chi connectivity index (χ1) is 5.07. The maximum absolute atomic E-state index is 5.97. The van der Waals surface area contributed by atoms with Gasteiger partial charge in [0.05, 0.1) is 0 Å².